The van der Waals surface area contributed by atoms with Crippen LogP contribution >= 0.6 is 46.1 Å². The number of hydrogen-bond donors (Lipinski definition) is 1. The van der Waals surface area contributed by atoms with Crippen molar-refractivity contribution in [1.29, 1.82) is 0 Å². The molecule has 1 unspecified atom stereocenters. The first-order valence-electron chi connectivity index (χ1n) is 4.87. The van der Waals surface area contributed by atoms with Crippen LogP contribution in [0.1, 0.15) is 22.8 Å². The average molecular weight is 308 g/mol. The molecule has 2 aromatic rings. The van der Waals surface area contributed by atoms with Gasteiger partial charge in [0.1, 0.15) is 10.4 Å². The van der Waals surface area contributed by atoms with Gasteiger partial charge in [0.15, 0.2) is 0 Å². The van der Waals surface area contributed by atoms with Gasteiger partial charge in [-0.1, -0.05) is 40.9 Å². The number of aryl methyl sites for hydroxylation is 1. The quantitative estimate of drug-likeness (QED) is 0.818. The molecule has 0 aliphatic rings. The molecule has 1 nitrogen and oxygen atoms in total. The average Bonchev–Trinajstić information content (AvgIpc) is 2.55. The highest BCUT2D eigenvalue weighted by Gasteiger charge is 2.17. The van der Waals surface area contributed by atoms with E-state index in [1.165, 1.54) is 11.3 Å². The zero-order valence-electron chi connectivity index (χ0n) is 8.88. The van der Waals surface area contributed by atoms with Crippen LogP contribution < -0.4 is 0 Å². The van der Waals surface area contributed by atoms with Gasteiger partial charge in [-0.15, -0.1) is 11.3 Å². The summed E-state index contributed by atoms with van der Waals surface area (Å²) in [6, 6.07) is 7.11. The third-order valence-electron chi connectivity index (χ3n) is 2.36. The summed E-state index contributed by atoms with van der Waals surface area (Å²) in [4.78, 5) is 0. The van der Waals surface area contributed by atoms with Crippen LogP contribution in [0.15, 0.2) is 24.3 Å². The minimum atomic E-state index is -0.802. The molecule has 0 fully saturated rings. The first-order chi connectivity index (χ1) is 7.97. The van der Waals surface area contributed by atoms with E-state index < -0.39 is 6.10 Å². The first kappa shape index (κ1) is 13.2. The number of aliphatic hydroxyl groups is 1. The number of benzene rings is 1. The van der Waals surface area contributed by atoms with Crippen LogP contribution in [0.5, 0.6) is 0 Å². The molecule has 1 atom stereocenters. The standard InChI is InChI=1S/C12H9Cl3OS/c1-6-2-7(4-8(13)3-6)11(16)9-5-10(14)17-12(9)15/h2-5,11,16H,1H3. The Hall–Kier alpha value is -0.250. The molecule has 0 radical (unpaired) electrons. The lowest BCUT2D eigenvalue weighted by atomic mass is 10.0. The van der Waals surface area contributed by atoms with Gasteiger partial charge in [-0.25, -0.2) is 0 Å². The van der Waals surface area contributed by atoms with Gasteiger partial charge in [-0.05, 0) is 36.2 Å². The van der Waals surface area contributed by atoms with Gasteiger partial charge in [0, 0.05) is 10.6 Å². The molecule has 0 aliphatic heterocycles. The molecule has 0 saturated carbocycles. The number of rotatable bonds is 2. The minimum absolute atomic E-state index is 0.500. The van der Waals surface area contributed by atoms with Crippen molar-refractivity contribution in [3.05, 3.63) is 54.7 Å². The first-order valence-corrected chi connectivity index (χ1v) is 6.82. The van der Waals surface area contributed by atoms with Gasteiger partial charge in [0.05, 0.1) is 4.34 Å². The summed E-state index contributed by atoms with van der Waals surface area (Å²) in [5, 5.41) is 10.8. The van der Waals surface area contributed by atoms with E-state index in [0.29, 0.717) is 24.8 Å². The fourth-order valence-electron chi connectivity index (χ4n) is 1.64. The monoisotopic (exact) mass is 306 g/mol. The molecule has 90 valence electrons. The fraction of sp³-hybridized carbons (Fsp3) is 0.167. The smallest absolute Gasteiger partial charge is 0.106 e. The van der Waals surface area contributed by atoms with E-state index in [1.54, 1.807) is 12.1 Å². The highest BCUT2D eigenvalue weighted by atomic mass is 35.5. The van der Waals surface area contributed by atoms with Crippen molar-refractivity contribution >= 4 is 46.1 Å². The largest absolute Gasteiger partial charge is 0.384 e. The highest BCUT2D eigenvalue weighted by Crippen LogP contribution is 2.37. The molecule has 0 spiro atoms. The van der Waals surface area contributed by atoms with Crippen molar-refractivity contribution in [1.82, 2.24) is 0 Å². The van der Waals surface area contributed by atoms with Gasteiger partial charge in [0.25, 0.3) is 0 Å². The van der Waals surface area contributed by atoms with Crippen LogP contribution in [0.2, 0.25) is 13.7 Å². The molecular formula is C12H9Cl3OS. The molecule has 0 bridgehead atoms. The number of aliphatic hydroxyl groups excluding tert-OH is 1. The van der Waals surface area contributed by atoms with Crippen LogP contribution in [0.4, 0.5) is 0 Å². The molecule has 1 aromatic carbocycles. The van der Waals surface area contributed by atoms with E-state index in [9.17, 15) is 5.11 Å². The maximum atomic E-state index is 10.2. The maximum Gasteiger partial charge on any atom is 0.106 e. The Morgan fingerprint density at radius 2 is 1.82 bits per heavy atom. The summed E-state index contributed by atoms with van der Waals surface area (Å²) in [7, 11) is 0. The molecule has 0 saturated heterocycles. The van der Waals surface area contributed by atoms with E-state index in [1.807, 2.05) is 19.1 Å². The van der Waals surface area contributed by atoms with Crippen molar-refractivity contribution in [2.45, 2.75) is 13.0 Å². The molecule has 2 rings (SSSR count). The van der Waals surface area contributed by atoms with Crippen molar-refractivity contribution in [2.24, 2.45) is 0 Å². The summed E-state index contributed by atoms with van der Waals surface area (Å²) < 4.78 is 1.06. The van der Waals surface area contributed by atoms with E-state index in [4.69, 9.17) is 34.8 Å². The third kappa shape index (κ3) is 2.95. The van der Waals surface area contributed by atoms with E-state index >= 15 is 0 Å². The molecule has 1 N–H and O–H groups in total. The summed E-state index contributed by atoms with van der Waals surface area (Å²) in [5.74, 6) is 0. The second-order valence-corrected chi connectivity index (χ2v) is 6.47. The third-order valence-corrected chi connectivity index (χ3v) is 4.09. The van der Waals surface area contributed by atoms with Gasteiger partial charge < -0.3 is 5.11 Å². The summed E-state index contributed by atoms with van der Waals surface area (Å²) in [6.45, 7) is 1.92. The lowest BCUT2D eigenvalue weighted by Gasteiger charge is -2.11. The number of hydrogen-bond acceptors (Lipinski definition) is 2. The Labute approximate surface area is 119 Å². The topological polar surface area (TPSA) is 20.2 Å². The van der Waals surface area contributed by atoms with Crippen molar-refractivity contribution in [2.75, 3.05) is 0 Å². The number of thiophene rings is 1. The molecule has 0 amide bonds. The normalized spacial score (nSPS) is 12.8. The van der Waals surface area contributed by atoms with Crippen LogP contribution in [-0.4, -0.2) is 5.11 Å². The summed E-state index contributed by atoms with van der Waals surface area (Å²) in [5.41, 5.74) is 2.32. The molecule has 5 heteroatoms. The Balaban J connectivity index is 2.43. The predicted molar refractivity (Wildman–Crippen MR) is 74.6 cm³/mol. The Bertz CT molecular complexity index is 530. The van der Waals surface area contributed by atoms with Crippen molar-refractivity contribution in [3.8, 4) is 0 Å². The molecule has 17 heavy (non-hydrogen) atoms. The van der Waals surface area contributed by atoms with Gasteiger partial charge in [-0.3, -0.25) is 0 Å². The zero-order chi connectivity index (χ0) is 12.6. The maximum absolute atomic E-state index is 10.2. The molecule has 0 aliphatic carbocycles. The Morgan fingerprint density at radius 1 is 1.12 bits per heavy atom. The molecule has 1 aromatic heterocycles. The summed E-state index contributed by atoms with van der Waals surface area (Å²) in [6.07, 6.45) is -0.802. The second-order valence-electron chi connectivity index (χ2n) is 3.74. The second kappa shape index (κ2) is 5.17. The highest BCUT2D eigenvalue weighted by molar-refractivity contribution is 7.20. The lowest BCUT2D eigenvalue weighted by molar-refractivity contribution is 0.221. The van der Waals surface area contributed by atoms with Crippen LogP contribution in [0.25, 0.3) is 0 Å². The Kier molecular flexibility index (Phi) is 4.01. The van der Waals surface area contributed by atoms with E-state index in [2.05, 4.69) is 0 Å². The predicted octanol–water partition coefficient (Wildman–Crippen LogP) is 5.10. The van der Waals surface area contributed by atoms with Crippen LogP contribution in [-0.2, 0) is 0 Å². The van der Waals surface area contributed by atoms with Gasteiger partial charge in [-0.2, -0.15) is 0 Å². The fourth-order valence-corrected chi connectivity index (χ4v) is 3.46. The van der Waals surface area contributed by atoms with Crippen molar-refractivity contribution in [3.63, 3.8) is 0 Å². The van der Waals surface area contributed by atoms with Crippen molar-refractivity contribution < 1.29 is 5.11 Å². The summed E-state index contributed by atoms with van der Waals surface area (Å²) >= 11 is 19.1. The molecule has 1 heterocycles. The van der Waals surface area contributed by atoms with Gasteiger partial charge in [0.2, 0.25) is 0 Å². The minimum Gasteiger partial charge on any atom is -0.384 e. The van der Waals surface area contributed by atoms with Gasteiger partial charge >= 0.3 is 0 Å². The van der Waals surface area contributed by atoms with E-state index in [0.717, 1.165) is 5.56 Å². The van der Waals surface area contributed by atoms with Crippen LogP contribution in [0, 0.1) is 6.92 Å². The Morgan fingerprint density at radius 3 is 2.35 bits per heavy atom. The zero-order valence-corrected chi connectivity index (χ0v) is 12.0. The molecular weight excluding hydrogens is 299 g/mol. The lowest BCUT2D eigenvalue weighted by Crippen LogP contribution is -1.99. The van der Waals surface area contributed by atoms with E-state index in [-0.39, 0.29) is 0 Å². The van der Waals surface area contributed by atoms with Crippen LogP contribution in [0.3, 0.4) is 0 Å². The number of halogens is 3. The SMILES string of the molecule is Cc1cc(Cl)cc(C(O)c2cc(Cl)sc2Cl)c1.